The molecule has 2 amide bonds. The largest absolute Gasteiger partial charge is 0.355 e. The van der Waals surface area contributed by atoms with E-state index in [-0.39, 0.29) is 23.0 Å². The highest BCUT2D eigenvalue weighted by Gasteiger charge is 2.34. The van der Waals surface area contributed by atoms with Crippen LogP contribution in [-0.4, -0.2) is 44.3 Å². The minimum atomic E-state index is -4.32. The van der Waals surface area contributed by atoms with E-state index in [1.54, 1.807) is 26.0 Å². The predicted molar refractivity (Wildman–Crippen MR) is 147 cm³/mol. The average Bonchev–Trinajstić information content (AvgIpc) is 2.89. The molecule has 0 saturated heterocycles. The van der Waals surface area contributed by atoms with E-state index in [2.05, 4.69) is 5.32 Å². The summed E-state index contributed by atoms with van der Waals surface area (Å²) in [5.74, 6) is -1.74. The molecule has 1 N–H and O–H groups in total. The summed E-state index contributed by atoms with van der Waals surface area (Å²) in [6.45, 7) is 7.09. The van der Waals surface area contributed by atoms with E-state index in [1.165, 1.54) is 35.2 Å². The Balaban J connectivity index is 2.08. The number of carbonyl (C=O) groups excluding carboxylic acids is 2. The van der Waals surface area contributed by atoms with Gasteiger partial charge in [0.25, 0.3) is 10.0 Å². The number of aryl methyl sites for hydroxylation is 2. The molecule has 0 unspecified atom stereocenters. The van der Waals surface area contributed by atoms with Crippen LogP contribution in [0.1, 0.15) is 37.0 Å². The molecule has 0 aliphatic rings. The van der Waals surface area contributed by atoms with Crippen LogP contribution in [0.25, 0.3) is 0 Å². The summed E-state index contributed by atoms with van der Waals surface area (Å²) in [4.78, 5) is 28.2. The monoisotopic (exact) mass is 539 g/mol. The number of rotatable bonds is 11. The fourth-order valence-electron chi connectivity index (χ4n) is 4.19. The van der Waals surface area contributed by atoms with E-state index < -0.39 is 34.3 Å². The van der Waals surface area contributed by atoms with Gasteiger partial charge in [-0.05, 0) is 62.6 Å². The van der Waals surface area contributed by atoms with Crippen molar-refractivity contribution in [3.05, 3.63) is 95.3 Å². The Kier molecular flexibility index (Phi) is 9.63. The van der Waals surface area contributed by atoms with Gasteiger partial charge in [-0.3, -0.25) is 13.9 Å². The summed E-state index contributed by atoms with van der Waals surface area (Å²) in [6.07, 6.45) is 0.313. The molecule has 3 rings (SSSR count). The molecule has 0 spiro atoms. The molecule has 0 aromatic heterocycles. The third-order valence-corrected chi connectivity index (χ3v) is 8.12. The number of carbonyl (C=O) groups is 2. The summed E-state index contributed by atoms with van der Waals surface area (Å²) in [5, 5.41) is 2.76. The average molecular weight is 540 g/mol. The predicted octanol–water partition coefficient (Wildman–Crippen LogP) is 4.58. The Hall–Kier alpha value is -3.72. The number of para-hydroxylation sites is 1. The number of sulfonamides is 1. The Labute approximate surface area is 224 Å². The van der Waals surface area contributed by atoms with Crippen LogP contribution >= 0.6 is 0 Å². The number of hydrogen-bond donors (Lipinski definition) is 1. The molecular formula is C29H34FN3O4S. The molecule has 0 bridgehead atoms. The lowest BCUT2D eigenvalue weighted by Gasteiger charge is -2.33. The quantitative estimate of drug-likeness (QED) is 0.387. The molecule has 7 nitrogen and oxygen atoms in total. The van der Waals surface area contributed by atoms with Crippen molar-refractivity contribution in [2.75, 3.05) is 17.4 Å². The van der Waals surface area contributed by atoms with Gasteiger partial charge >= 0.3 is 0 Å². The molecule has 3 aromatic rings. The number of likely N-dealkylation sites (N-methyl/N-ethyl adjacent to an activating group) is 1. The smallest absolute Gasteiger partial charge is 0.264 e. The van der Waals surface area contributed by atoms with Crippen molar-refractivity contribution in [2.45, 2.75) is 51.6 Å². The lowest BCUT2D eigenvalue weighted by Crippen LogP contribution is -2.52. The highest BCUT2D eigenvalue weighted by molar-refractivity contribution is 7.92. The molecule has 0 aliphatic heterocycles. The number of hydrogen-bond acceptors (Lipinski definition) is 4. The minimum absolute atomic E-state index is 0.0691. The van der Waals surface area contributed by atoms with Crippen LogP contribution in [0.4, 0.5) is 10.1 Å². The van der Waals surface area contributed by atoms with Crippen LogP contribution in [-0.2, 0) is 26.2 Å². The minimum Gasteiger partial charge on any atom is -0.355 e. The van der Waals surface area contributed by atoms with Crippen LogP contribution in [0.3, 0.4) is 0 Å². The van der Waals surface area contributed by atoms with E-state index in [0.29, 0.717) is 13.0 Å². The van der Waals surface area contributed by atoms with Crippen molar-refractivity contribution in [1.82, 2.24) is 10.2 Å². The molecule has 1 atom stereocenters. The van der Waals surface area contributed by atoms with Crippen LogP contribution < -0.4 is 9.62 Å². The SMILES string of the molecule is CCNC(=O)[C@@H](CC)N(Cc1ccccc1C)C(=O)CN(c1ccccc1F)S(=O)(=O)c1ccc(C)cc1. The molecule has 0 fully saturated rings. The first-order chi connectivity index (χ1) is 18.1. The van der Waals surface area contributed by atoms with Crippen molar-refractivity contribution in [2.24, 2.45) is 0 Å². The Morgan fingerprint density at radius 2 is 1.55 bits per heavy atom. The Morgan fingerprint density at radius 1 is 0.921 bits per heavy atom. The molecular weight excluding hydrogens is 505 g/mol. The zero-order chi connectivity index (χ0) is 27.9. The van der Waals surface area contributed by atoms with Crippen molar-refractivity contribution in [3.8, 4) is 0 Å². The fraction of sp³-hybridized carbons (Fsp3) is 0.310. The third kappa shape index (κ3) is 6.58. The van der Waals surface area contributed by atoms with Gasteiger partial charge < -0.3 is 10.2 Å². The second-order valence-corrected chi connectivity index (χ2v) is 10.9. The second kappa shape index (κ2) is 12.7. The summed E-state index contributed by atoms with van der Waals surface area (Å²) in [6, 6.07) is 18.2. The normalized spacial score (nSPS) is 12.0. The van der Waals surface area contributed by atoms with E-state index in [0.717, 1.165) is 27.1 Å². The number of benzene rings is 3. The van der Waals surface area contributed by atoms with Gasteiger partial charge in [0.1, 0.15) is 18.4 Å². The van der Waals surface area contributed by atoms with Crippen molar-refractivity contribution < 1.29 is 22.4 Å². The molecule has 0 radical (unpaired) electrons. The van der Waals surface area contributed by atoms with Crippen molar-refractivity contribution in [1.29, 1.82) is 0 Å². The van der Waals surface area contributed by atoms with Gasteiger partial charge in [-0.2, -0.15) is 0 Å². The molecule has 38 heavy (non-hydrogen) atoms. The third-order valence-electron chi connectivity index (χ3n) is 6.35. The first-order valence-electron chi connectivity index (χ1n) is 12.6. The van der Waals surface area contributed by atoms with Crippen LogP contribution in [0, 0.1) is 19.7 Å². The topological polar surface area (TPSA) is 86.8 Å². The molecule has 3 aromatic carbocycles. The Morgan fingerprint density at radius 3 is 2.16 bits per heavy atom. The van der Waals surface area contributed by atoms with Gasteiger partial charge in [-0.15, -0.1) is 0 Å². The maximum absolute atomic E-state index is 15.0. The fourth-order valence-corrected chi connectivity index (χ4v) is 5.61. The van der Waals surface area contributed by atoms with Crippen LogP contribution in [0.5, 0.6) is 0 Å². The molecule has 0 saturated carbocycles. The van der Waals surface area contributed by atoms with Crippen molar-refractivity contribution in [3.63, 3.8) is 0 Å². The van der Waals surface area contributed by atoms with Gasteiger partial charge in [-0.25, -0.2) is 12.8 Å². The van der Waals surface area contributed by atoms with E-state index in [9.17, 15) is 22.4 Å². The maximum Gasteiger partial charge on any atom is 0.264 e. The van der Waals surface area contributed by atoms with Gasteiger partial charge in [0.2, 0.25) is 11.8 Å². The first-order valence-corrected chi connectivity index (χ1v) is 14.0. The molecule has 0 heterocycles. The Bertz CT molecular complexity index is 1380. The second-order valence-electron chi connectivity index (χ2n) is 9.04. The summed E-state index contributed by atoms with van der Waals surface area (Å²) >= 11 is 0. The number of anilines is 1. The van der Waals surface area contributed by atoms with E-state index >= 15 is 0 Å². The molecule has 9 heteroatoms. The first kappa shape index (κ1) is 28.8. The molecule has 0 aliphatic carbocycles. The summed E-state index contributed by atoms with van der Waals surface area (Å²) < 4.78 is 43.2. The highest BCUT2D eigenvalue weighted by Crippen LogP contribution is 2.27. The van der Waals surface area contributed by atoms with Crippen LogP contribution in [0.15, 0.2) is 77.7 Å². The molecule has 202 valence electrons. The van der Waals surface area contributed by atoms with Gasteiger partial charge in [0.15, 0.2) is 0 Å². The number of nitrogens with one attached hydrogen (secondary N) is 1. The lowest BCUT2D eigenvalue weighted by molar-refractivity contribution is -0.140. The summed E-state index contributed by atoms with van der Waals surface area (Å²) in [5.41, 5.74) is 2.36. The highest BCUT2D eigenvalue weighted by atomic mass is 32.2. The summed E-state index contributed by atoms with van der Waals surface area (Å²) in [7, 11) is -4.32. The van der Waals surface area contributed by atoms with E-state index in [1.807, 2.05) is 38.1 Å². The van der Waals surface area contributed by atoms with E-state index in [4.69, 9.17) is 0 Å². The maximum atomic E-state index is 15.0. The van der Waals surface area contributed by atoms with Crippen molar-refractivity contribution >= 4 is 27.5 Å². The zero-order valence-electron chi connectivity index (χ0n) is 22.1. The lowest BCUT2D eigenvalue weighted by atomic mass is 10.1. The van der Waals surface area contributed by atoms with Gasteiger partial charge in [0.05, 0.1) is 10.6 Å². The standard InChI is InChI=1S/C29H34FN3O4S/c1-5-26(29(35)31-6-2)32(19-23-12-8-7-11-22(23)4)28(34)20-33(27-14-10-9-13-25(27)30)38(36,37)24-17-15-21(3)16-18-24/h7-18,26H,5-6,19-20H2,1-4H3,(H,31,35)/t26-/m1/s1. The number of amides is 2. The number of halogens is 1. The zero-order valence-corrected chi connectivity index (χ0v) is 23.0. The number of nitrogens with zero attached hydrogens (tertiary/aromatic N) is 2. The van der Waals surface area contributed by atoms with Crippen LogP contribution in [0.2, 0.25) is 0 Å². The van der Waals surface area contributed by atoms with Gasteiger partial charge in [0, 0.05) is 13.1 Å². The van der Waals surface area contributed by atoms with Gasteiger partial charge in [-0.1, -0.05) is 61.0 Å².